The third-order valence-corrected chi connectivity index (χ3v) is 4.85. The van der Waals surface area contributed by atoms with Crippen LogP contribution in [0.25, 0.3) is 11.4 Å². The molecule has 34 heavy (non-hydrogen) atoms. The van der Waals surface area contributed by atoms with E-state index >= 15 is 0 Å². The molecule has 0 fully saturated rings. The molecule has 0 aliphatic rings. The van der Waals surface area contributed by atoms with Crippen LogP contribution in [0.2, 0.25) is 0 Å². The van der Waals surface area contributed by atoms with Gasteiger partial charge in [-0.3, -0.25) is 30.6 Å². The Balaban J connectivity index is 1.28. The number of hydrogen-bond acceptors (Lipinski definition) is 7. The van der Waals surface area contributed by atoms with Crippen molar-refractivity contribution in [3.8, 4) is 11.4 Å². The van der Waals surface area contributed by atoms with Crippen molar-refractivity contribution in [1.29, 1.82) is 0 Å². The predicted octanol–water partition coefficient (Wildman–Crippen LogP) is 2.30. The number of benzene rings is 3. The summed E-state index contributed by atoms with van der Waals surface area (Å²) >= 11 is 0. The van der Waals surface area contributed by atoms with E-state index in [4.69, 9.17) is 0 Å². The van der Waals surface area contributed by atoms with Crippen molar-refractivity contribution >= 4 is 17.5 Å². The van der Waals surface area contributed by atoms with Gasteiger partial charge < -0.3 is 0 Å². The molecular formula is C23H19N7O4. The number of nitrogens with one attached hydrogen (secondary N) is 2. The molecule has 3 aromatic carbocycles. The van der Waals surface area contributed by atoms with Gasteiger partial charge in [-0.15, -0.1) is 10.2 Å². The first kappa shape index (κ1) is 22.3. The van der Waals surface area contributed by atoms with Gasteiger partial charge in [-0.2, -0.15) is 4.80 Å². The minimum atomic E-state index is -0.514. The molecular weight excluding hydrogens is 438 g/mol. The second kappa shape index (κ2) is 10.1. The number of nitro groups is 1. The van der Waals surface area contributed by atoms with Crippen LogP contribution in [-0.4, -0.2) is 36.9 Å². The van der Waals surface area contributed by atoms with Crippen molar-refractivity contribution in [2.75, 3.05) is 0 Å². The number of carbonyl (C=O) groups excluding carboxylic acids is 2. The fourth-order valence-electron chi connectivity index (χ4n) is 3.10. The Bertz CT molecular complexity index is 1300. The Labute approximate surface area is 193 Å². The Morgan fingerprint density at radius 2 is 1.56 bits per heavy atom. The lowest BCUT2D eigenvalue weighted by molar-refractivity contribution is -0.384. The third kappa shape index (κ3) is 5.65. The van der Waals surface area contributed by atoms with Gasteiger partial charge in [0.05, 0.1) is 17.9 Å². The summed E-state index contributed by atoms with van der Waals surface area (Å²) in [5.74, 6) is -0.403. The van der Waals surface area contributed by atoms with E-state index in [2.05, 4.69) is 26.3 Å². The second-order valence-corrected chi connectivity index (χ2v) is 7.31. The Hall–Kier alpha value is -4.93. The van der Waals surface area contributed by atoms with E-state index in [1.54, 1.807) is 24.3 Å². The maximum atomic E-state index is 12.3. The van der Waals surface area contributed by atoms with Crippen LogP contribution in [-0.2, 0) is 17.8 Å². The first-order chi connectivity index (χ1) is 16.5. The monoisotopic (exact) mass is 457 g/mol. The van der Waals surface area contributed by atoms with Crippen molar-refractivity contribution in [2.45, 2.75) is 13.0 Å². The SMILES string of the molecule is O=C(Cc1ccc([N+](=O)[O-])cc1)NNC(=O)c1ccc(Cn2nnc(-c3ccccc3)n2)cc1. The molecule has 4 rings (SSSR count). The van der Waals surface area contributed by atoms with Gasteiger partial charge >= 0.3 is 0 Å². The summed E-state index contributed by atoms with van der Waals surface area (Å²) in [7, 11) is 0. The Kier molecular flexibility index (Phi) is 6.63. The minimum Gasteiger partial charge on any atom is -0.273 e. The highest BCUT2D eigenvalue weighted by molar-refractivity contribution is 5.95. The quantitative estimate of drug-likeness (QED) is 0.320. The lowest BCUT2D eigenvalue weighted by Gasteiger charge is -2.08. The first-order valence-electron chi connectivity index (χ1n) is 10.2. The number of hydrogen-bond donors (Lipinski definition) is 2. The molecule has 1 aromatic heterocycles. The minimum absolute atomic E-state index is 0.0346. The zero-order valence-electron chi connectivity index (χ0n) is 17.8. The standard InChI is InChI=1S/C23H19N7O4/c31-21(14-16-8-12-20(13-9-16)30(33)34)24-26-23(32)19-10-6-17(7-11-19)15-29-27-22(25-28-29)18-4-2-1-3-5-18/h1-13H,14-15H2,(H,24,31)(H,26,32). The lowest BCUT2D eigenvalue weighted by atomic mass is 10.1. The molecule has 0 atom stereocenters. The van der Waals surface area contributed by atoms with E-state index < -0.39 is 16.7 Å². The predicted molar refractivity (Wildman–Crippen MR) is 121 cm³/mol. The van der Waals surface area contributed by atoms with Crippen molar-refractivity contribution in [1.82, 2.24) is 31.1 Å². The molecule has 170 valence electrons. The molecule has 0 saturated heterocycles. The number of rotatable bonds is 7. The maximum Gasteiger partial charge on any atom is 0.269 e. The van der Waals surface area contributed by atoms with E-state index in [1.165, 1.54) is 29.1 Å². The molecule has 2 N–H and O–H groups in total. The van der Waals surface area contributed by atoms with Crippen LogP contribution in [0.1, 0.15) is 21.5 Å². The summed E-state index contributed by atoms with van der Waals surface area (Å²) < 4.78 is 0. The van der Waals surface area contributed by atoms with Gasteiger partial charge in [0.2, 0.25) is 11.7 Å². The molecule has 2 amide bonds. The topological polar surface area (TPSA) is 145 Å². The normalized spacial score (nSPS) is 10.5. The number of carbonyl (C=O) groups is 2. The smallest absolute Gasteiger partial charge is 0.269 e. The number of nitrogens with zero attached hydrogens (tertiary/aromatic N) is 5. The van der Waals surface area contributed by atoms with Gasteiger partial charge in [0.1, 0.15) is 0 Å². The van der Waals surface area contributed by atoms with Gasteiger partial charge in [0, 0.05) is 23.3 Å². The van der Waals surface area contributed by atoms with E-state index in [0.29, 0.717) is 23.5 Å². The summed E-state index contributed by atoms with van der Waals surface area (Å²) in [6.07, 6.45) is -0.0346. The molecule has 0 radical (unpaired) electrons. The fraction of sp³-hybridized carbons (Fsp3) is 0.0870. The number of hydrazine groups is 1. The van der Waals surface area contributed by atoms with Crippen LogP contribution in [0.5, 0.6) is 0 Å². The summed E-state index contributed by atoms with van der Waals surface area (Å²) in [6, 6.07) is 21.9. The third-order valence-electron chi connectivity index (χ3n) is 4.85. The number of nitro benzene ring substituents is 1. The molecule has 0 bridgehead atoms. The van der Waals surface area contributed by atoms with Crippen LogP contribution in [0, 0.1) is 10.1 Å². The Morgan fingerprint density at radius 3 is 2.24 bits per heavy atom. The van der Waals surface area contributed by atoms with Gasteiger partial charge in [0.25, 0.3) is 11.6 Å². The second-order valence-electron chi connectivity index (χ2n) is 7.31. The molecule has 0 saturated carbocycles. The highest BCUT2D eigenvalue weighted by Crippen LogP contribution is 2.13. The summed E-state index contributed by atoms with van der Waals surface area (Å²) in [4.78, 5) is 36.0. The molecule has 11 nitrogen and oxygen atoms in total. The zero-order chi connectivity index (χ0) is 23.9. The average molecular weight is 457 g/mol. The maximum absolute atomic E-state index is 12.3. The van der Waals surface area contributed by atoms with Crippen molar-refractivity contribution in [2.24, 2.45) is 0 Å². The number of tetrazole rings is 1. The lowest BCUT2D eigenvalue weighted by Crippen LogP contribution is -2.42. The van der Waals surface area contributed by atoms with Gasteiger partial charge in [-0.1, -0.05) is 54.6 Å². The van der Waals surface area contributed by atoms with E-state index in [0.717, 1.165) is 11.1 Å². The van der Waals surface area contributed by atoms with Gasteiger partial charge in [-0.05, 0) is 28.5 Å². The van der Waals surface area contributed by atoms with Crippen molar-refractivity contribution in [3.63, 3.8) is 0 Å². The van der Waals surface area contributed by atoms with Gasteiger partial charge in [-0.25, -0.2) is 0 Å². The largest absolute Gasteiger partial charge is 0.273 e. The molecule has 4 aromatic rings. The molecule has 0 aliphatic heterocycles. The van der Waals surface area contributed by atoms with Crippen molar-refractivity contribution < 1.29 is 14.5 Å². The summed E-state index contributed by atoms with van der Waals surface area (Å²) in [6.45, 7) is 0.383. The van der Waals surface area contributed by atoms with E-state index in [9.17, 15) is 19.7 Å². The number of aromatic nitrogens is 4. The highest BCUT2D eigenvalue weighted by atomic mass is 16.6. The van der Waals surface area contributed by atoms with Gasteiger partial charge in [0.15, 0.2) is 0 Å². The first-order valence-corrected chi connectivity index (χ1v) is 10.2. The molecule has 0 aliphatic carbocycles. The van der Waals surface area contributed by atoms with Crippen LogP contribution in [0.15, 0.2) is 78.9 Å². The number of amides is 2. The Morgan fingerprint density at radius 1 is 0.882 bits per heavy atom. The fourth-order valence-corrected chi connectivity index (χ4v) is 3.10. The molecule has 1 heterocycles. The van der Waals surface area contributed by atoms with Crippen LogP contribution in [0.4, 0.5) is 5.69 Å². The van der Waals surface area contributed by atoms with E-state index in [1.807, 2.05) is 30.3 Å². The number of non-ortho nitro benzene ring substituents is 1. The summed E-state index contributed by atoms with van der Waals surface area (Å²) in [5.41, 5.74) is 7.31. The molecule has 0 spiro atoms. The van der Waals surface area contributed by atoms with Crippen LogP contribution in [0.3, 0.4) is 0 Å². The zero-order valence-corrected chi connectivity index (χ0v) is 17.8. The highest BCUT2D eigenvalue weighted by Gasteiger charge is 2.11. The molecule has 11 heteroatoms. The average Bonchev–Trinajstić information content (AvgIpc) is 3.32. The van der Waals surface area contributed by atoms with Crippen molar-refractivity contribution in [3.05, 3.63) is 106 Å². The van der Waals surface area contributed by atoms with Crippen LogP contribution < -0.4 is 10.9 Å². The van der Waals surface area contributed by atoms with E-state index in [-0.39, 0.29) is 12.1 Å². The molecule has 0 unspecified atom stereocenters. The summed E-state index contributed by atoms with van der Waals surface area (Å²) in [5, 5.41) is 23.2. The van der Waals surface area contributed by atoms with Crippen LogP contribution >= 0.6 is 0 Å².